The van der Waals surface area contributed by atoms with E-state index in [1.807, 2.05) is 0 Å². The molecule has 8 unspecified atom stereocenters. The van der Waals surface area contributed by atoms with Gasteiger partial charge in [0.15, 0.2) is 0 Å². The summed E-state index contributed by atoms with van der Waals surface area (Å²) in [7, 11) is 0. The van der Waals surface area contributed by atoms with E-state index in [4.69, 9.17) is 0 Å². The van der Waals surface area contributed by atoms with Gasteiger partial charge in [-0.1, -0.05) is 133 Å². The second kappa shape index (κ2) is 22.8. The minimum atomic E-state index is 0.418. The summed E-state index contributed by atoms with van der Waals surface area (Å²) < 4.78 is 0. The van der Waals surface area contributed by atoms with Gasteiger partial charge in [-0.25, -0.2) is 0 Å². The molecule has 8 atom stereocenters. The molecule has 7 saturated carbocycles. The number of fused-ring (bicyclic) bond motifs is 2. The molecule has 2 heteroatoms. The highest BCUT2D eigenvalue weighted by Crippen LogP contribution is 2.61. The Kier molecular flexibility index (Phi) is 18.3. The molecule has 0 aromatic rings. The summed E-state index contributed by atoms with van der Waals surface area (Å²) in [5.74, 6) is 9.26. The molecule has 7 aliphatic rings. The lowest BCUT2D eigenvalue weighted by atomic mass is 9.49. The lowest BCUT2D eigenvalue weighted by Gasteiger charge is -2.66. The van der Waals surface area contributed by atoms with Crippen molar-refractivity contribution >= 4 is 0 Å². The minimum absolute atomic E-state index is 0.418. The van der Waals surface area contributed by atoms with Crippen molar-refractivity contribution < 1.29 is 0 Å². The smallest absolute Gasteiger partial charge is 0.0164 e. The summed E-state index contributed by atoms with van der Waals surface area (Å²) in [6.45, 7) is 25.8. The first kappa shape index (κ1) is 49.8. The van der Waals surface area contributed by atoms with Crippen LogP contribution in [-0.2, 0) is 0 Å². The predicted molar refractivity (Wildman–Crippen MR) is 271 cm³/mol. The Morgan fingerprint density at radius 3 is 0.984 bits per heavy atom. The molecule has 0 saturated heterocycles. The molecule has 0 amide bonds. The van der Waals surface area contributed by atoms with Crippen molar-refractivity contribution in [1.29, 1.82) is 0 Å². The van der Waals surface area contributed by atoms with E-state index in [1.165, 1.54) is 205 Å². The van der Waals surface area contributed by atoms with E-state index in [1.54, 1.807) is 0 Å². The summed E-state index contributed by atoms with van der Waals surface area (Å²) in [5.41, 5.74) is 0.836. The number of hydrogen-bond donors (Lipinski definition) is 0. The third kappa shape index (κ3) is 12.3. The van der Waals surface area contributed by atoms with E-state index in [-0.39, 0.29) is 0 Å². The fraction of sp³-hybridized carbons (Fsp3) is 1.00. The molecule has 0 spiro atoms. The van der Waals surface area contributed by atoms with Crippen LogP contribution in [0, 0.1) is 70.0 Å². The quantitative estimate of drug-likeness (QED) is 0.143. The Labute approximate surface area is 389 Å². The van der Waals surface area contributed by atoms with Gasteiger partial charge in [0, 0.05) is 36.3 Å². The highest BCUT2D eigenvalue weighted by atomic mass is 15.3. The molecule has 2 nitrogen and oxygen atoms in total. The van der Waals surface area contributed by atoms with E-state index >= 15 is 0 Å². The van der Waals surface area contributed by atoms with Crippen LogP contribution in [0.2, 0.25) is 0 Å². The Morgan fingerprint density at radius 1 is 0.355 bits per heavy atom. The van der Waals surface area contributed by atoms with Crippen molar-refractivity contribution in [3.8, 4) is 0 Å². The molecule has 0 heterocycles. The third-order valence-corrected chi connectivity index (χ3v) is 21.0. The van der Waals surface area contributed by atoms with Gasteiger partial charge in [0.25, 0.3) is 0 Å². The first-order chi connectivity index (χ1) is 29.8. The molecular weight excluding hydrogens is 749 g/mol. The Morgan fingerprint density at radius 2 is 0.677 bits per heavy atom. The van der Waals surface area contributed by atoms with Crippen LogP contribution in [0.5, 0.6) is 0 Å². The van der Waals surface area contributed by atoms with Gasteiger partial charge in [-0.2, -0.15) is 0 Å². The lowest BCUT2D eigenvalue weighted by molar-refractivity contribution is -0.166. The van der Waals surface area contributed by atoms with Crippen molar-refractivity contribution in [2.24, 2.45) is 70.0 Å². The van der Waals surface area contributed by atoms with Gasteiger partial charge in [0.1, 0.15) is 0 Å². The van der Waals surface area contributed by atoms with Gasteiger partial charge >= 0.3 is 0 Å². The van der Waals surface area contributed by atoms with Gasteiger partial charge < -0.3 is 0 Å². The number of nitrogens with zero attached hydrogens (tertiary/aromatic N) is 2. The van der Waals surface area contributed by atoms with Gasteiger partial charge in [0.05, 0.1) is 0 Å². The van der Waals surface area contributed by atoms with Crippen molar-refractivity contribution in [2.75, 3.05) is 0 Å². The first-order valence-corrected chi connectivity index (χ1v) is 29.3. The predicted octanol–water partition coefficient (Wildman–Crippen LogP) is 17.7. The Balaban J connectivity index is 1.26. The molecule has 0 aliphatic heterocycles. The standard InChI is InChI=1S/C60H110N2/c1-11-13-15-17-19-45-25-35-51(36-26-45)61(49-31-21-43(3)22-32-49)57-53-39-29-48(60(8,9)10)42-56(53)58(54-40-30-47(41-55(54)57)59(5,6)7)62(50-33-23-44(4)24-34-50)52-37-27-46(28-38-52)20-18-16-14-12-2/h43-58H,11-42H2,1-10H3. The molecule has 360 valence electrons. The zero-order chi connectivity index (χ0) is 44.0. The van der Waals surface area contributed by atoms with Gasteiger partial charge in [-0.3, -0.25) is 9.80 Å². The van der Waals surface area contributed by atoms with Crippen LogP contribution in [0.3, 0.4) is 0 Å². The largest absolute Gasteiger partial charge is 0.294 e. The van der Waals surface area contributed by atoms with Crippen LogP contribution in [0.4, 0.5) is 0 Å². The van der Waals surface area contributed by atoms with Gasteiger partial charge in [-0.05, 0) is 211 Å². The molecule has 0 bridgehead atoms. The molecule has 7 rings (SSSR count). The molecule has 7 aliphatic carbocycles. The summed E-state index contributed by atoms with van der Waals surface area (Å²) >= 11 is 0. The molecular formula is C60H110N2. The maximum absolute atomic E-state index is 3.53. The normalized spacial score (nSPS) is 41.2. The lowest BCUT2D eigenvalue weighted by Crippen LogP contribution is -2.70. The SMILES string of the molecule is CCCCCCC1CCC(N(C2CCC(C)CC2)C2C3CCC(C(C)(C)C)CC3C(N(C3CCC(C)CC3)C3CCC(CCCCCC)CC3)C3CCC(C(C)(C)C)CC32)CC1. The Hall–Kier alpha value is -0.0800. The maximum Gasteiger partial charge on any atom is 0.0164 e. The summed E-state index contributed by atoms with van der Waals surface area (Å²) in [6, 6.07) is 5.06. The highest BCUT2D eigenvalue weighted by molar-refractivity contribution is 5.12. The topological polar surface area (TPSA) is 6.48 Å². The first-order valence-electron chi connectivity index (χ1n) is 29.3. The number of unbranched alkanes of at least 4 members (excludes halogenated alkanes) is 6. The van der Waals surface area contributed by atoms with Crippen LogP contribution in [0.25, 0.3) is 0 Å². The number of hydrogen-bond acceptors (Lipinski definition) is 2. The van der Waals surface area contributed by atoms with Crippen molar-refractivity contribution in [2.45, 2.75) is 311 Å². The van der Waals surface area contributed by atoms with E-state index < -0.39 is 0 Å². The van der Waals surface area contributed by atoms with E-state index in [2.05, 4.69) is 79.0 Å². The average Bonchev–Trinajstić information content (AvgIpc) is 3.26. The van der Waals surface area contributed by atoms with Crippen molar-refractivity contribution in [1.82, 2.24) is 9.80 Å². The zero-order valence-corrected chi connectivity index (χ0v) is 43.8. The summed E-state index contributed by atoms with van der Waals surface area (Å²) in [6.07, 6.45) is 47.8. The van der Waals surface area contributed by atoms with Crippen LogP contribution in [0.1, 0.15) is 275 Å². The summed E-state index contributed by atoms with van der Waals surface area (Å²) in [5, 5.41) is 0. The van der Waals surface area contributed by atoms with Crippen molar-refractivity contribution in [3.05, 3.63) is 0 Å². The molecule has 0 N–H and O–H groups in total. The van der Waals surface area contributed by atoms with Crippen molar-refractivity contribution in [3.63, 3.8) is 0 Å². The number of rotatable bonds is 16. The van der Waals surface area contributed by atoms with E-state index in [0.29, 0.717) is 10.8 Å². The fourth-order valence-electron chi connectivity index (χ4n) is 17.0. The van der Waals surface area contributed by atoms with Crippen LogP contribution >= 0.6 is 0 Å². The van der Waals surface area contributed by atoms with Gasteiger partial charge in [0.2, 0.25) is 0 Å². The molecule has 62 heavy (non-hydrogen) atoms. The zero-order valence-electron chi connectivity index (χ0n) is 43.8. The van der Waals surface area contributed by atoms with E-state index in [0.717, 1.165) is 95.4 Å². The second-order valence-electron chi connectivity index (χ2n) is 27.2. The third-order valence-electron chi connectivity index (χ3n) is 21.0. The average molecular weight is 860 g/mol. The molecule has 0 radical (unpaired) electrons. The maximum atomic E-state index is 3.53. The molecule has 7 fully saturated rings. The minimum Gasteiger partial charge on any atom is -0.294 e. The molecule has 0 aromatic heterocycles. The van der Waals surface area contributed by atoms with Crippen LogP contribution in [-0.4, -0.2) is 46.1 Å². The Bertz CT molecular complexity index is 1160. The monoisotopic (exact) mass is 859 g/mol. The molecule has 0 aromatic carbocycles. The summed E-state index contributed by atoms with van der Waals surface area (Å²) in [4.78, 5) is 7.06. The fourth-order valence-corrected chi connectivity index (χ4v) is 17.0. The van der Waals surface area contributed by atoms with Crippen LogP contribution < -0.4 is 0 Å². The van der Waals surface area contributed by atoms with Crippen LogP contribution in [0.15, 0.2) is 0 Å². The highest BCUT2D eigenvalue weighted by Gasteiger charge is 2.60. The van der Waals surface area contributed by atoms with E-state index in [9.17, 15) is 0 Å². The second-order valence-corrected chi connectivity index (χ2v) is 27.2. The van der Waals surface area contributed by atoms with Gasteiger partial charge in [-0.15, -0.1) is 0 Å².